The van der Waals surface area contributed by atoms with Gasteiger partial charge in [0.15, 0.2) is 0 Å². The highest BCUT2D eigenvalue weighted by atomic mass is 19.4. The molecule has 1 fully saturated rings. The van der Waals surface area contributed by atoms with Crippen molar-refractivity contribution in [1.82, 2.24) is 4.90 Å². The predicted octanol–water partition coefficient (Wildman–Crippen LogP) is 5.59. The van der Waals surface area contributed by atoms with Gasteiger partial charge in [0.25, 0.3) is 5.91 Å². The second kappa shape index (κ2) is 9.30. The average Bonchev–Trinajstić information content (AvgIpc) is 2.83. The molecule has 0 spiro atoms. The predicted molar refractivity (Wildman–Crippen MR) is 121 cm³/mol. The number of anilines is 1. The van der Waals surface area contributed by atoms with Gasteiger partial charge < -0.3 is 9.80 Å². The zero-order valence-corrected chi connectivity index (χ0v) is 17.4. The molecule has 3 aromatic carbocycles. The van der Waals surface area contributed by atoms with Gasteiger partial charge in [-0.25, -0.2) is 0 Å². The zero-order chi connectivity index (χ0) is 22.6. The van der Waals surface area contributed by atoms with Gasteiger partial charge in [0, 0.05) is 37.4 Å². The van der Waals surface area contributed by atoms with Crippen molar-refractivity contribution < 1.29 is 18.0 Å². The molecular formula is C26H23F3N2O. The molecule has 1 saturated heterocycles. The number of hydrogen-bond acceptors (Lipinski definition) is 2. The third-order valence-electron chi connectivity index (χ3n) is 5.53. The summed E-state index contributed by atoms with van der Waals surface area (Å²) in [5.41, 5.74) is 2.23. The molecule has 1 aliphatic rings. The Morgan fingerprint density at radius 2 is 1.41 bits per heavy atom. The van der Waals surface area contributed by atoms with E-state index in [1.807, 2.05) is 71.6 Å². The molecule has 0 bridgehead atoms. The number of piperazine rings is 1. The number of carbonyl (C=O) groups excluding carboxylic acids is 1. The van der Waals surface area contributed by atoms with Crippen molar-refractivity contribution in [2.45, 2.75) is 6.18 Å². The molecule has 32 heavy (non-hydrogen) atoms. The lowest BCUT2D eigenvalue weighted by atomic mass is 10.0. The van der Waals surface area contributed by atoms with Gasteiger partial charge in [0.05, 0.1) is 5.56 Å². The third kappa shape index (κ3) is 5.02. The number of carbonyl (C=O) groups is 1. The standard InChI is InChI=1S/C26H23F3N2O/c27-26(28,29)22-12-7-13-23(19-22)30-14-16-31(17-15-30)25(32)24(21-10-5-2-6-11-21)18-20-8-3-1-4-9-20/h1-13,18-19H,14-17H2. The molecule has 0 N–H and O–H groups in total. The summed E-state index contributed by atoms with van der Waals surface area (Å²) >= 11 is 0. The van der Waals surface area contributed by atoms with Crippen LogP contribution >= 0.6 is 0 Å². The molecule has 4 rings (SSSR count). The van der Waals surface area contributed by atoms with E-state index in [2.05, 4.69) is 0 Å². The minimum absolute atomic E-state index is 0.0799. The van der Waals surface area contributed by atoms with Crippen LogP contribution in [0.5, 0.6) is 0 Å². The molecule has 1 amide bonds. The van der Waals surface area contributed by atoms with Gasteiger partial charge in [-0.3, -0.25) is 4.79 Å². The minimum Gasteiger partial charge on any atom is -0.368 e. The number of nitrogens with zero attached hydrogens (tertiary/aromatic N) is 2. The second-order valence-electron chi connectivity index (χ2n) is 7.66. The fourth-order valence-electron chi connectivity index (χ4n) is 3.82. The fraction of sp³-hybridized carbons (Fsp3) is 0.192. The molecule has 0 aliphatic carbocycles. The number of hydrogen-bond donors (Lipinski definition) is 0. The van der Waals surface area contributed by atoms with Gasteiger partial charge in [0.2, 0.25) is 0 Å². The van der Waals surface area contributed by atoms with Crippen molar-refractivity contribution in [3.8, 4) is 0 Å². The molecule has 164 valence electrons. The van der Waals surface area contributed by atoms with Crippen molar-refractivity contribution in [2.24, 2.45) is 0 Å². The van der Waals surface area contributed by atoms with Gasteiger partial charge in [-0.15, -0.1) is 0 Å². The Hall–Kier alpha value is -3.54. The van der Waals surface area contributed by atoms with E-state index in [9.17, 15) is 18.0 Å². The summed E-state index contributed by atoms with van der Waals surface area (Å²) in [4.78, 5) is 17.1. The number of rotatable bonds is 4. The van der Waals surface area contributed by atoms with Gasteiger partial charge in [-0.05, 0) is 35.4 Å². The van der Waals surface area contributed by atoms with Crippen LogP contribution in [0, 0.1) is 0 Å². The molecule has 6 heteroatoms. The number of benzene rings is 3. The maximum Gasteiger partial charge on any atom is 0.416 e. The molecule has 3 aromatic rings. The quantitative estimate of drug-likeness (QED) is 0.393. The Morgan fingerprint density at radius 3 is 2.03 bits per heavy atom. The highest BCUT2D eigenvalue weighted by molar-refractivity contribution is 6.24. The van der Waals surface area contributed by atoms with Crippen molar-refractivity contribution in [3.05, 3.63) is 102 Å². The Bertz CT molecular complexity index is 1090. The fourth-order valence-corrected chi connectivity index (χ4v) is 3.82. The zero-order valence-electron chi connectivity index (χ0n) is 17.4. The van der Waals surface area contributed by atoms with Crippen LogP contribution in [0.3, 0.4) is 0 Å². The van der Waals surface area contributed by atoms with E-state index in [1.165, 1.54) is 12.1 Å². The number of amides is 1. The summed E-state index contributed by atoms with van der Waals surface area (Å²) < 4.78 is 39.2. The lowest BCUT2D eigenvalue weighted by Crippen LogP contribution is -2.49. The summed E-state index contributed by atoms with van der Waals surface area (Å²) in [5.74, 6) is -0.0799. The van der Waals surface area contributed by atoms with Gasteiger partial charge in [-0.2, -0.15) is 13.2 Å². The van der Waals surface area contributed by atoms with Crippen LogP contribution in [0.4, 0.5) is 18.9 Å². The van der Waals surface area contributed by atoms with Crippen LogP contribution in [-0.4, -0.2) is 37.0 Å². The highest BCUT2D eigenvalue weighted by Crippen LogP contribution is 2.32. The van der Waals surface area contributed by atoms with Gasteiger partial charge in [0.1, 0.15) is 0 Å². The van der Waals surface area contributed by atoms with E-state index in [-0.39, 0.29) is 5.91 Å². The first-order valence-electron chi connectivity index (χ1n) is 10.5. The topological polar surface area (TPSA) is 23.6 Å². The Kier molecular flexibility index (Phi) is 6.30. The Morgan fingerprint density at radius 1 is 0.781 bits per heavy atom. The van der Waals surface area contributed by atoms with Crippen molar-refractivity contribution in [2.75, 3.05) is 31.1 Å². The van der Waals surface area contributed by atoms with Crippen LogP contribution in [0.15, 0.2) is 84.9 Å². The van der Waals surface area contributed by atoms with Crippen LogP contribution in [0.2, 0.25) is 0 Å². The van der Waals surface area contributed by atoms with Gasteiger partial charge >= 0.3 is 6.18 Å². The average molecular weight is 436 g/mol. The Balaban J connectivity index is 1.52. The molecule has 3 nitrogen and oxygen atoms in total. The molecule has 1 aliphatic heterocycles. The van der Waals surface area contributed by atoms with Crippen molar-refractivity contribution in [1.29, 1.82) is 0 Å². The minimum atomic E-state index is -4.37. The lowest BCUT2D eigenvalue weighted by Gasteiger charge is -2.36. The summed E-state index contributed by atoms with van der Waals surface area (Å²) in [6.45, 7) is 1.82. The number of alkyl halides is 3. The number of halogens is 3. The smallest absolute Gasteiger partial charge is 0.368 e. The highest BCUT2D eigenvalue weighted by Gasteiger charge is 2.31. The molecule has 0 unspecified atom stereocenters. The first kappa shape index (κ1) is 21.7. The van der Waals surface area contributed by atoms with E-state index in [1.54, 1.807) is 11.0 Å². The monoisotopic (exact) mass is 436 g/mol. The van der Waals surface area contributed by atoms with Crippen molar-refractivity contribution in [3.63, 3.8) is 0 Å². The largest absolute Gasteiger partial charge is 0.416 e. The van der Waals surface area contributed by atoms with Crippen molar-refractivity contribution >= 4 is 23.2 Å². The van der Waals surface area contributed by atoms with Crippen LogP contribution < -0.4 is 4.90 Å². The lowest BCUT2D eigenvalue weighted by molar-refractivity contribution is -0.137. The van der Waals surface area contributed by atoms with E-state index in [4.69, 9.17) is 0 Å². The molecule has 0 saturated carbocycles. The normalized spacial score (nSPS) is 15.0. The Labute approximate surface area is 185 Å². The maximum absolute atomic E-state index is 13.4. The molecule has 0 aromatic heterocycles. The molecule has 0 atom stereocenters. The van der Waals surface area contributed by atoms with E-state index in [0.717, 1.165) is 17.2 Å². The first-order chi connectivity index (χ1) is 15.4. The molecule has 1 heterocycles. The summed E-state index contributed by atoms with van der Waals surface area (Å²) in [7, 11) is 0. The van der Waals surface area contributed by atoms with Crippen LogP contribution in [0.1, 0.15) is 16.7 Å². The summed E-state index contributed by atoms with van der Waals surface area (Å²) in [6.07, 6.45) is -2.49. The van der Waals surface area contributed by atoms with E-state index in [0.29, 0.717) is 37.4 Å². The van der Waals surface area contributed by atoms with Crippen LogP contribution in [0.25, 0.3) is 11.6 Å². The first-order valence-corrected chi connectivity index (χ1v) is 10.5. The molecular weight excluding hydrogens is 413 g/mol. The van der Waals surface area contributed by atoms with Crippen LogP contribution in [-0.2, 0) is 11.0 Å². The SMILES string of the molecule is O=C(C(=Cc1ccccc1)c1ccccc1)N1CCN(c2cccc(C(F)(F)F)c2)CC1. The maximum atomic E-state index is 13.4. The van der Waals surface area contributed by atoms with E-state index < -0.39 is 11.7 Å². The second-order valence-corrected chi connectivity index (χ2v) is 7.66. The summed E-state index contributed by atoms with van der Waals surface area (Å²) in [6, 6.07) is 24.5. The van der Waals surface area contributed by atoms with E-state index >= 15 is 0 Å². The third-order valence-corrected chi connectivity index (χ3v) is 5.53. The summed E-state index contributed by atoms with van der Waals surface area (Å²) in [5, 5.41) is 0. The van der Waals surface area contributed by atoms with Gasteiger partial charge in [-0.1, -0.05) is 66.7 Å². The molecule has 0 radical (unpaired) electrons.